The van der Waals surface area contributed by atoms with Crippen molar-refractivity contribution in [2.45, 2.75) is 18.9 Å². The molecule has 1 N–H and O–H groups in total. The van der Waals surface area contributed by atoms with E-state index in [4.69, 9.17) is 4.74 Å². The van der Waals surface area contributed by atoms with Gasteiger partial charge in [0, 0.05) is 24.5 Å². The van der Waals surface area contributed by atoms with E-state index < -0.39 is 0 Å². The molecule has 0 spiro atoms. The fourth-order valence-corrected chi connectivity index (χ4v) is 2.34. The summed E-state index contributed by atoms with van der Waals surface area (Å²) in [5.74, 6) is 1.58. The zero-order valence-corrected chi connectivity index (χ0v) is 10.2. The first-order valence-corrected chi connectivity index (χ1v) is 5.95. The third-order valence-corrected chi connectivity index (χ3v) is 3.20. The number of anilines is 1. The molecule has 1 aliphatic carbocycles. The summed E-state index contributed by atoms with van der Waals surface area (Å²) < 4.78 is 5.24. The van der Waals surface area contributed by atoms with Gasteiger partial charge in [-0.3, -0.25) is 0 Å². The van der Waals surface area contributed by atoms with Crippen LogP contribution in [0.15, 0.2) is 30.6 Å². The fourth-order valence-electron chi connectivity index (χ4n) is 2.34. The number of ether oxygens (including phenoxy) is 1. The molecular weight excluding hydrogens is 226 g/mol. The number of rotatable bonds is 3. The molecule has 0 fully saturated rings. The number of benzene rings is 1. The van der Waals surface area contributed by atoms with Gasteiger partial charge in [-0.1, -0.05) is 6.07 Å². The molecule has 1 radical (unpaired) electrons. The maximum Gasteiger partial charge on any atom is 0.222 e. The van der Waals surface area contributed by atoms with Gasteiger partial charge in [-0.2, -0.15) is 0 Å². The number of aromatic nitrogens is 2. The van der Waals surface area contributed by atoms with Gasteiger partial charge in [-0.25, -0.2) is 9.97 Å². The minimum absolute atomic E-state index is 0.356. The second kappa shape index (κ2) is 4.64. The molecule has 0 amide bonds. The minimum atomic E-state index is 0.356. The minimum Gasteiger partial charge on any atom is -0.497 e. The Morgan fingerprint density at radius 2 is 2.00 bits per heavy atom. The highest BCUT2D eigenvalue weighted by Crippen LogP contribution is 2.27. The maximum absolute atomic E-state index is 5.24. The zero-order valence-electron chi connectivity index (χ0n) is 10.2. The Bertz CT molecular complexity index is 542. The van der Waals surface area contributed by atoms with Gasteiger partial charge >= 0.3 is 0 Å². The molecule has 0 bridgehead atoms. The predicted molar refractivity (Wildman–Crippen MR) is 68.7 cm³/mol. The van der Waals surface area contributed by atoms with Crippen LogP contribution >= 0.6 is 0 Å². The van der Waals surface area contributed by atoms with E-state index in [1.54, 1.807) is 19.5 Å². The summed E-state index contributed by atoms with van der Waals surface area (Å²) in [5.41, 5.74) is 2.71. The van der Waals surface area contributed by atoms with Crippen LogP contribution in [-0.2, 0) is 12.8 Å². The first kappa shape index (κ1) is 11.0. The first-order valence-electron chi connectivity index (χ1n) is 5.95. The number of nitrogens with one attached hydrogen (secondary N) is 1. The molecular formula is C14H14N3O. The van der Waals surface area contributed by atoms with Crippen molar-refractivity contribution in [1.29, 1.82) is 0 Å². The topological polar surface area (TPSA) is 47.0 Å². The molecule has 0 saturated carbocycles. The summed E-state index contributed by atoms with van der Waals surface area (Å²) >= 11 is 0. The van der Waals surface area contributed by atoms with Crippen LogP contribution in [0.25, 0.3) is 0 Å². The van der Waals surface area contributed by atoms with Crippen LogP contribution in [0.3, 0.4) is 0 Å². The third kappa shape index (κ3) is 2.14. The SMILES string of the molecule is COc1ccc2c(c1)CC(Nc1nc[c]cn1)C2. The van der Waals surface area contributed by atoms with Crippen molar-refractivity contribution in [2.24, 2.45) is 0 Å². The quantitative estimate of drug-likeness (QED) is 0.889. The van der Waals surface area contributed by atoms with Crippen LogP contribution in [-0.4, -0.2) is 23.1 Å². The normalized spacial score (nSPS) is 17.3. The van der Waals surface area contributed by atoms with E-state index in [1.807, 2.05) is 6.07 Å². The van der Waals surface area contributed by atoms with Crippen molar-refractivity contribution < 1.29 is 4.74 Å². The van der Waals surface area contributed by atoms with Crippen molar-refractivity contribution in [3.8, 4) is 5.75 Å². The summed E-state index contributed by atoms with van der Waals surface area (Å²) in [5, 5.41) is 3.34. The largest absolute Gasteiger partial charge is 0.497 e. The Balaban J connectivity index is 1.73. The number of methoxy groups -OCH3 is 1. The van der Waals surface area contributed by atoms with Gasteiger partial charge in [0.2, 0.25) is 5.95 Å². The van der Waals surface area contributed by atoms with Crippen molar-refractivity contribution in [2.75, 3.05) is 12.4 Å². The van der Waals surface area contributed by atoms with Crippen molar-refractivity contribution in [3.05, 3.63) is 47.8 Å². The van der Waals surface area contributed by atoms with E-state index in [0.29, 0.717) is 12.0 Å². The highest BCUT2D eigenvalue weighted by Gasteiger charge is 2.22. The van der Waals surface area contributed by atoms with Crippen LogP contribution in [0.4, 0.5) is 5.95 Å². The second-order valence-corrected chi connectivity index (χ2v) is 4.39. The molecule has 91 valence electrons. The standard InChI is InChI=1S/C14H14N3O/c1-18-13-4-3-10-7-12(8-11(10)9-13)17-14-15-5-2-6-16-14/h3-6,9,12H,7-8H2,1H3,(H,15,16,17). The van der Waals surface area contributed by atoms with E-state index in [9.17, 15) is 0 Å². The molecule has 4 heteroatoms. The Morgan fingerprint density at radius 1 is 1.22 bits per heavy atom. The van der Waals surface area contributed by atoms with Crippen LogP contribution in [0.2, 0.25) is 0 Å². The number of hydrogen-bond donors (Lipinski definition) is 1. The molecule has 1 aliphatic rings. The van der Waals surface area contributed by atoms with Gasteiger partial charge < -0.3 is 10.1 Å². The molecule has 1 atom stereocenters. The lowest BCUT2D eigenvalue weighted by molar-refractivity contribution is 0.414. The fraction of sp³-hybridized carbons (Fsp3) is 0.286. The molecule has 1 aromatic heterocycles. The highest BCUT2D eigenvalue weighted by molar-refractivity contribution is 5.42. The summed E-state index contributed by atoms with van der Waals surface area (Å²) in [6.45, 7) is 0. The number of nitrogens with zero attached hydrogens (tertiary/aromatic N) is 2. The highest BCUT2D eigenvalue weighted by atomic mass is 16.5. The molecule has 1 aromatic carbocycles. The molecule has 1 unspecified atom stereocenters. The smallest absolute Gasteiger partial charge is 0.222 e. The van der Waals surface area contributed by atoms with Crippen molar-refractivity contribution in [3.63, 3.8) is 0 Å². The van der Waals surface area contributed by atoms with E-state index in [2.05, 4.69) is 33.5 Å². The van der Waals surface area contributed by atoms with E-state index in [0.717, 1.165) is 18.6 Å². The predicted octanol–water partition coefficient (Wildman–Crippen LogP) is 1.86. The van der Waals surface area contributed by atoms with Gasteiger partial charge in [-0.15, -0.1) is 0 Å². The third-order valence-electron chi connectivity index (χ3n) is 3.20. The van der Waals surface area contributed by atoms with Gasteiger partial charge in [0.1, 0.15) is 5.75 Å². The van der Waals surface area contributed by atoms with Crippen molar-refractivity contribution in [1.82, 2.24) is 9.97 Å². The maximum atomic E-state index is 5.24. The van der Waals surface area contributed by atoms with Gasteiger partial charge in [0.05, 0.1) is 7.11 Å². The average Bonchev–Trinajstić information content (AvgIpc) is 2.80. The number of fused-ring (bicyclic) bond motifs is 1. The average molecular weight is 240 g/mol. The van der Waals surface area contributed by atoms with Crippen LogP contribution in [0.1, 0.15) is 11.1 Å². The lowest BCUT2D eigenvalue weighted by Gasteiger charge is -2.10. The number of hydrogen-bond acceptors (Lipinski definition) is 4. The van der Waals surface area contributed by atoms with Gasteiger partial charge in [-0.05, 0) is 36.1 Å². The molecule has 0 saturated heterocycles. The van der Waals surface area contributed by atoms with Gasteiger partial charge in [0.25, 0.3) is 0 Å². The second-order valence-electron chi connectivity index (χ2n) is 4.39. The molecule has 18 heavy (non-hydrogen) atoms. The molecule has 2 aromatic rings. The molecule has 0 aliphatic heterocycles. The van der Waals surface area contributed by atoms with E-state index in [1.165, 1.54) is 11.1 Å². The Morgan fingerprint density at radius 3 is 2.78 bits per heavy atom. The lowest BCUT2D eigenvalue weighted by Crippen LogP contribution is -2.20. The van der Waals surface area contributed by atoms with E-state index >= 15 is 0 Å². The molecule has 3 rings (SSSR count). The van der Waals surface area contributed by atoms with Crippen LogP contribution in [0, 0.1) is 6.07 Å². The van der Waals surface area contributed by atoms with E-state index in [-0.39, 0.29) is 0 Å². The summed E-state index contributed by atoms with van der Waals surface area (Å²) in [7, 11) is 1.70. The monoisotopic (exact) mass is 240 g/mol. The first-order chi connectivity index (χ1) is 8.85. The summed E-state index contributed by atoms with van der Waals surface area (Å²) in [6.07, 6.45) is 5.23. The van der Waals surface area contributed by atoms with Gasteiger partial charge in [0.15, 0.2) is 0 Å². The van der Waals surface area contributed by atoms with Crippen LogP contribution < -0.4 is 10.1 Å². The zero-order chi connectivity index (χ0) is 12.4. The Hall–Kier alpha value is -2.10. The summed E-state index contributed by atoms with van der Waals surface area (Å²) in [4.78, 5) is 8.27. The Kier molecular flexibility index (Phi) is 2.84. The molecule has 1 heterocycles. The molecule has 4 nitrogen and oxygen atoms in total. The summed E-state index contributed by atoms with van der Waals surface area (Å²) in [6, 6.07) is 9.42. The lowest BCUT2D eigenvalue weighted by atomic mass is 10.1. The van der Waals surface area contributed by atoms with Crippen molar-refractivity contribution >= 4 is 5.95 Å². The van der Waals surface area contributed by atoms with Crippen LogP contribution in [0.5, 0.6) is 5.75 Å². The Labute approximate surface area is 106 Å².